The summed E-state index contributed by atoms with van der Waals surface area (Å²) in [6.45, 7) is 7.69. The Kier molecular flexibility index (Phi) is 10.3. The van der Waals surface area contributed by atoms with Gasteiger partial charge in [0.15, 0.2) is 0 Å². The third-order valence-corrected chi connectivity index (χ3v) is 10.1. The summed E-state index contributed by atoms with van der Waals surface area (Å²) in [7, 11) is -0.235. The summed E-state index contributed by atoms with van der Waals surface area (Å²) in [5.41, 5.74) is 3.16. The maximum atomic E-state index is 14.3. The number of likely N-dealkylation sites (N-methyl/N-ethyl adjacent to an activating group) is 1. The number of ether oxygens (including phenoxy) is 2. The average Bonchev–Trinajstić information content (AvgIpc) is 2.87. The van der Waals surface area contributed by atoms with Gasteiger partial charge in [0.2, 0.25) is 0 Å². The normalized spacial score (nSPS) is 14.1. The molecule has 0 bridgehead atoms. The first-order chi connectivity index (χ1) is 18.0. The van der Waals surface area contributed by atoms with Crippen molar-refractivity contribution < 1.29 is 22.7 Å². The first-order valence-electron chi connectivity index (χ1n) is 13.2. The van der Waals surface area contributed by atoms with Crippen molar-refractivity contribution in [3.8, 4) is 0 Å². The second kappa shape index (κ2) is 13.1. The number of esters is 1. The number of hydrogen-bond acceptors (Lipinski definition) is 6. The number of carbonyl (C=O) groups is 1. The molecular weight excluding hydrogens is 516 g/mol. The number of aryl methyl sites for hydroxylation is 1. The first-order valence-corrected chi connectivity index (χ1v) is 18.3. The van der Waals surface area contributed by atoms with Crippen LogP contribution >= 0.6 is 0 Å². The summed E-state index contributed by atoms with van der Waals surface area (Å²) in [5, 5.41) is 0. The smallest absolute Gasteiger partial charge is 0.340 e. The largest absolute Gasteiger partial charge is 0.465 e. The number of nitrogens with zero attached hydrogens (tertiary/aromatic N) is 2. The van der Waals surface area contributed by atoms with Crippen molar-refractivity contribution in [1.29, 1.82) is 0 Å². The molecule has 2 aromatic carbocycles. The third kappa shape index (κ3) is 7.56. The van der Waals surface area contributed by atoms with E-state index in [1.54, 1.807) is 24.3 Å². The van der Waals surface area contributed by atoms with Gasteiger partial charge in [-0.25, -0.2) is 17.5 Å². The van der Waals surface area contributed by atoms with Gasteiger partial charge in [-0.1, -0.05) is 56.1 Å². The maximum absolute atomic E-state index is 14.3. The Morgan fingerprint density at radius 1 is 1.05 bits per heavy atom. The third-order valence-electron chi connectivity index (χ3n) is 6.63. The van der Waals surface area contributed by atoms with Gasteiger partial charge in [0.05, 0.1) is 23.3 Å². The molecule has 0 atom stereocenters. The summed E-state index contributed by atoms with van der Waals surface area (Å²) >= 11 is 0. The maximum Gasteiger partial charge on any atom is 0.340 e. The molecule has 0 saturated carbocycles. The summed E-state index contributed by atoms with van der Waals surface area (Å²) in [5.74, 6) is -0.528. The summed E-state index contributed by atoms with van der Waals surface area (Å²) in [6, 6.07) is 11.5. The molecule has 0 saturated heterocycles. The van der Waals surface area contributed by atoms with Gasteiger partial charge in [0.1, 0.15) is 6.73 Å². The van der Waals surface area contributed by atoms with E-state index in [0.29, 0.717) is 36.4 Å². The van der Waals surface area contributed by atoms with E-state index in [2.05, 4.69) is 19.6 Å². The topological polar surface area (TPSA) is 76.1 Å². The molecule has 0 heterocycles. The van der Waals surface area contributed by atoms with E-state index < -0.39 is 24.1 Å². The van der Waals surface area contributed by atoms with Crippen molar-refractivity contribution in [2.24, 2.45) is 0 Å². The van der Waals surface area contributed by atoms with E-state index in [1.165, 1.54) is 11.4 Å². The van der Waals surface area contributed by atoms with Crippen molar-refractivity contribution in [1.82, 2.24) is 4.90 Å². The van der Waals surface area contributed by atoms with Crippen LogP contribution in [0.3, 0.4) is 0 Å². The van der Waals surface area contributed by atoms with Crippen molar-refractivity contribution in [2.75, 3.05) is 45.4 Å². The quantitative estimate of drug-likeness (QED) is 0.150. The van der Waals surface area contributed by atoms with Crippen LogP contribution in [0.5, 0.6) is 0 Å². The molecule has 0 unspecified atom stereocenters. The monoisotopic (exact) mass is 558 g/mol. The van der Waals surface area contributed by atoms with Crippen molar-refractivity contribution in [2.45, 2.75) is 56.3 Å². The highest BCUT2D eigenvalue weighted by Crippen LogP contribution is 2.36. The molecule has 0 aromatic heterocycles. The van der Waals surface area contributed by atoms with Gasteiger partial charge in [0.25, 0.3) is 10.0 Å². The number of fused-ring (bicyclic) bond motifs is 1. The number of methoxy groups -OCH3 is 1. The molecule has 208 valence electrons. The van der Waals surface area contributed by atoms with Crippen LogP contribution in [-0.4, -0.2) is 68.4 Å². The van der Waals surface area contributed by atoms with Crippen LogP contribution in [0.1, 0.15) is 39.9 Å². The zero-order valence-corrected chi connectivity index (χ0v) is 25.4. The molecule has 0 radical (unpaired) electrons. The lowest BCUT2D eigenvalue weighted by atomic mass is 9.87. The van der Waals surface area contributed by atoms with Gasteiger partial charge in [-0.3, -0.25) is 0 Å². The van der Waals surface area contributed by atoms with Gasteiger partial charge < -0.3 is 14.4 Å². The number of sulfonamides is 1. The van der Waals surface area contributed by atoms with E-state index in [-0.39, 0.29) is 11.6 Å². The Labute approximate surface area is 229 Å². The van der Waals surface area contributed by atoms with E-state index in [9.17, 15) is 13.2 Å². The highest BCUT2D eigenvalue weighted by Gasteiger charge is 2.33. The molecule has 3 rings (SSSR count). The van der Waals surface area contributed by atoms with E-state index in [1.807, 2.05) is 43.3 Å². The Morgan fingerprint density at radius 3 is 2.45 bits per heavy atom. The molecule has 9 heteroatoms. The Hall–Kier alpha value is -2.46. The van der Waals surface area contributed by atoms with Crippen LogP contribution in [-0.2, 0) is 32.3 Å². The number of hydrogen-bond donors (Lipinski definition) is 0. The minimum absolute atomic E-state index is 0.164. The SMILES string of the molecule is COC(=O)c1c(N(COCC[Si](C)(C)C)S(=O)(=O)c2ccccc2/C=C/CN(C)C)ccc2c1CCCC2. The molecule has 1 aliphatic rings. The first kappa shape index (κ1) is 30.1. The van der Waals surface area contributed by atoms with Crippen LogP contribution in [0.25, 0.3) is 6.08 Å². The lowest BCUT2D eigenvalue weighted by Gasteiger charge is -2.29. The second-order valence-corrected chi connectivity index (χ2v) is 18.7. The molecule has 0 amide bonds. The summed E-state index contributed by atoms with van der Waals surface area (Å²) in [6.07, 6.45) is 7.31. The van der Waals surface area contributed by atoms with Crippen molar-refractivity contribution in [3.05, 3.63) is 64.7 Å². The molecule has 2 aromatic rings. The number of benzene rings is 2. The van der Waals surface area contributed by atoms with Gasteiger partial charge in [-0.2, -0.15) is 0 Å². The average molecular weight is 559 g/mol. The number of carbonyl (C=O) groups excluding carboxylic acids is 1. The fourth-order valence-corrected chi connectivity index (χ4v) is 6.81. The Morgan fingerprint density at radius 2 is 1.76 bits per heavy atom. The zero-order valence-electron chi connectivity index (χ0n) is 23.6. The molecule has 0 aliphatic heterocycles. The van der Waals surface area contributed by atoms with Crippen LogP contribution in [0.15, 0.2) is 47.4 Å². The Bertz CT molecular complexity index is 1250. The Balaban J connectivity index is 2.13. The van der Waals surface area contributed by atoms with Gasteiger partial charge in [-0.05, 0) is 74.6 Å². The highest BCUT2D eigenvalue weighted by atomic mass is 32.2. The van der Waals surface area contributed by atoms with Gasteiger partial charge in [0, 0.05) is 21.2 Å². The lowest BCUT2D eigenvalue weighted by molar-refractivity contribution is 0.0599. The molecule has 7 nitrogen and oxygen atoms in total. The highest BCUT2D eigenvalue weighted by molar-refractivity contribution is 7.93. The molecule has 38 heavy (non-hydrogen) atoms. The van der Waals surface area contributed by atoms with Gasteiger partial charge >= 0.3 is 5.97 Å². The predicted octanol–water partition coefficient (Wildman–Crippen LogP) is 5.43. The summed E-state index contributed by atoms with van der Waals surface area (Å²) < 4.78 is 41.1. The second-order valence-electron chi connectivity index (χ2n) is 11.2. The predicted molar refractivity (Wildman–Crippen MR) is 157 cm³/mol. The number of rotatable bonds is 12. The number of anilines is 1. The molecule has 0 N–H and O–H groups in total. The van der Waals surface area contributed by atoms with Crippen molar-refractivity contribution in [3.63, 3.8) is 0 Å². The summed E-state index contributed by atoms with van der Waals surface area (Å²) in [4.78, 5) is 15.3. The van der Waals surface area contributed by atoms with E-state index >= 15 is 0 Å². The lowest BCUT2D eigenvalue weighted by Crippen LogP contribution is -2.36. The molecular formula is C29H42N2O5SSi. The minimum Gasteiger partial charge on any atom is -0.465 e. The van der Waals surface area contributed by atoms with E-state index in [0.717, 1.165) is 36.4 Å². The zero-order chi connectivity index (χ0) is 27.9. The molecule has 0 spiro atoms. The van der Waals surface area contributed by atoms with Gasteiger partial charge in [-0.15, -0.1) is 0 Å². The molecule has 0 fully saturated rings. The van der Waals surface area contributed by atoms with Crippen LogP contribution in [0.4, 0.5) is 5.69 Å². The molecule has 1 aliphatic carbocycles. The van der Waals surface area contributed by atoms with Crippen LogP contribution in [0, 0.1) is 0 Å². The fraction of sp³-hybridized carbons (Fsp3) is 0.483. The fourth-order valence-electron chi connectivity index (χ4n) is 4.51. The van der Waals surface area contributed by atoms with Crippen molar-refractivity contribution >= 4 is 35.8 Å². The van der Waals surface area contributed by atoms with E-state index in [4.69, 9.17) is 9.47 Å². The van der Waals surface area contributed by atoms with Crippen LogP contribution in [0.2, 0.25) is 25.7 Å². The standard InChI is InChI=1S/C29H42N2O5SSi/c1-30(2)19-11-14-24-13-8-10-16-27(24)37(33,34)31(22-36-20-21-38(4,5)6)26-18-17-23-12-7-9-15-25(23)28(26)29(32)35-3/h8,10-11,13-14,16-18H,7,9,12,15,19-22H2,1-6H3/b14-11+. The van der Waals surface area contributed by atoms with Crippen LogP contribution < -0.4 is 4.31 Å². The minimum atomic E-state index is -4.10.